The maximum absolute atomic E-state index is 11.3. The van der Waals surface area contributed by atoms with Crippen LogP contribution in [0.2, 0.25) is 0 Å². The van der Waals surface area contributed by atoms with Crippen LogP contribution in [0, 0.1) is 0 Å². The number of sulfonamides is 1. The standard InChI is InChI=1S/C7H14N4O3S/c1-6(7-9-8-5-11(7)2)10-15(13,14)4-3-12/h5-6,10,12H,3-4H2,1-2H3. The topological polar surface area (TPSA) is 97.1 Å². The Labute approximate surface area is 88.2 Å². The van der Waals surface area contributed by atoms with Crippen molar-refractivity contribution in [3.8, 4) is 0 Å². The third kappa shape index (κ3) is 3.26. The summed E-state index contributed by atoms with van der Waals surface area (Å²) in [7, 11) is -1.73. The van der Waals surface area contributed by atoms with Gasteiger partial charge in [-0.25, -0.2) is 13.1 Å². The van der Waals surface area contributed by atoms with Crippen LogP contribution in [0.1, 0.15) is 18.8 Å². The van der Waals surface area contributed by atoms with E-state index in [4.69, 9.17) is 5.11 Å². The van der Waals surface area contributed by atoms with Gasteiger partial charge in [0, 0.05) is 7.05 Å². The number of aliphatic hydroxyl groups is 1. The van der Waals surface area contributed by atoms with Gasteiger partial charge < -0.3 is 9.67 Å². The molecular formula is C7H14N4O3S. The molecule has 0 spiro atoms. The Bertz CT molecular complexity index is 414. The van der Waals surface area contributed by atoms with Crippen LogP contribution < -0.4 is 4.72 Å². The first kappa shape index (κ1) is 12.1. The molecule has 0 aliphatic heterocycles. The Kier molecular flexibility index (Phi) is 3.77. The first-order valence-corrected chi connectivity index (χ1v) is 6.06. The molecule has 8 heteroatoms. The summed E-state index contributed by atoms with van der Waals surface area (Å²) in [5, 5.41) is 16.0. The zero-order valence-corrected chi connectivity index (χ0v) is 9.40. The van der Waals surface area contributed by atoms with Gasteiger partial charge in [-0.1, -0.05) is 0 Å². The Morgan fingerprint density at radius 3 is 2.80 bits per heavy atom. The molecular weight excluding hydrogens is 220 g/mol. The summed E-state index contributed by atoms with van der Waals surface area (Å²) in [4.78, 5) is 0. The third-order valence-corrected chi connectivity index (χ3v) is 3.28. The van der Waals surface area contributed by atoms with E-state index in [2.05, 4.69) is 14.9 Å². The number of aryl methyl sites for hydroxylation is 1. The summed E-state index contributed by atoms with van der Waals surface area (Å²) in [5.41, 5.74) is 0. The predicted octanol–water partition coefficient (Wildman–Crippen LogP) is -1.21. The molecule has 0 aliphatic carbocycles. The quantitative estimate of drug-likeness (QED) is 0.666. The molecule has 1 heterocycles. The summed E-state index contributed by atoms with van der Waals surface area (Å²) in [6.07, 6.45) is 1.49. The molecule has 1 atom stereocenters. The van der Waals surface area contributed by atoms with Gasteiger partial charge in [-0.15, -0.1) is 10.2 Å². The van der Waals surface area contributed by atoms with Crippen LogP contribution in [0.5, 0.6) is 0 Å². The normalized spacial score (nSPS) is 14.1. The molecule has 1 aromatic rings. The van der Waals surface area contributed by atoms with Gasteiger partial charge in [0.15, 0.2) is 0 Å². The zero-order valence-electron chi connectivity index (χ0n) is 8.58. The SMILES string of the molecule is CC(NS(=O)(=O)CCO)c1nncn1C. The highest BCUT2D eigenvalue weighted by Crippen LogP contribution is 2.08. The molecule has 0 amide bonds. The second-order valence-corrected chi connectivity index (χ2v) is 5.06. The van der Waals surface area contributed by atoms with Crippen molar-refractivity contribution in [3.63, 3.8) is 0 Å². The molecule has 0 saturated heterocycles. The molecule has 15 heavy (non-hydrogen) atoms. The van der Waals surface area contributed by atoms with E-state index in [1.54, 1.807) is 18.5 Å². The van der Waals surface area contributed by atoms with Crippen molar-refractivity contribution in [3.05, 3.63) is 12.2 Å². The number of hydrogen-bond acceptors (Lipinski definition) is 5. The van der Waals surface area contributed by atoms with E-state index in [0.29, 0.717) is 5.82 Å². The maximum atomic E-state index is 11.3. The molecule has 0 bridgehead atoms. The number of nitrogens with one attached hydrogen (secondary N) is 1. The highest BCUT2D eigenvalue weighted by atomic mass is 32.2. The van der Waals surface area contributed by atoms with Gasteiger partial charge in [0.25, 0.3) is 0 Å². The van der Waals surface area contributed by atoms with E-state index in [-0.39, 0.29) is 5.75 Å². The Hall–Kier alpha value is -0.990. The lowest BCUT2D eigenvalue weighted by molar-refractivity contribution is 0.319. The number of rotatable bonds is 5. The number of nitrogens with zero attached hydrogens (tertiary/aromatic N) is 3. The van der Waals surface area contributed by atoms with E-state index >= 15 is 0 Å². The van der Waals surface area contributed by atoms with Crippen LogP contribution in [0.3, 0.4) is 0 Å². The minimum atomic E-state index is -3.45. The predicted molar refractivity (Wildman–Crippen MR) is 53.4 cm³/mol. The van der Waals surface area contributed by atoms with E-state index in [1.165, 1.54) is 6.33 Å². The van der Waals surface area contributed by atoms with Gasteiger partial charge in [0.05, 0.1) is 18.4 Å². The van der Waals surface area contributed by atoms with Crippen LogP contribution in [0.15, 0.2) is 6.33 Å². The minimum Gasteiger partial charge on any atom is -0.395 e. The Morgan fingerprint density at radius 2 is 2.33 bits per heavy atom. The van der Waals surface area contributed by atoms with Crippen LogP contribution >= 0.6 is 0 Å². The van der Waals surface area contributed by atoms with Gasteiger partial charge in [-0.05, 0) is 6.92 Å². The summed E-state index contributed by atoms with van der Waals surface area (Å²) >= 11 is 0. The average molecular weight is 234 g/mol. The fourth-order valence-corrected chi connectivity index (χ4v) is 2.19. The first-order chi connectivity index (χ1) is 6.96. The van der Waals surface area contributed by atoms with E-state index in [9.17, 15) is 8.42 Å². The van der Waals surface area contributed by atoms with Crippen LogP contribution in [0.25, 0.3) is 0 Å². The van der Waals surface area contributed by atoms with Gasteiger partial charge in [-0.2, -0.15) is 0 Å². The smallest absolute Gasteiger partial charge is 0.214 e. The second kappa shape index (κ2) is 4.69. The molecule has 1 aromatic heterocycles. The monoisotopic (exact) mass is 234 g/mol. The lowest BCUT2D eigenvalue weighted by Gasteiger charge is -2.12. The Balaban J connectivity index is 2.72. The molecule has 0 fully saturated rings. The average Bonchev–Trinajstić information content (AvgIpc) is 2.50. The van der Waals surface area contributed by atoms with E-state index < -0.39 is 22.7 Å². The van der Waals surface area contributed by atoms with Gasteiger partial charge >= 0.3 is 0 Å². The minimum absolute atomic E-state index is 0.310. The molecule has 0 radical (unpaired) electrons. The van der Waals surface area contributed by atoms with Crippen LogP contribution in [-0.2, 0) is 17.1 Å². The van der Waals surface area contributed by atoms with Crippen molar-refractivity contribution in [1.29, 1.82) is 0 Å². The third-order valence-electron chi connectivity index (χ3n) is 1.85. The lowest BCUT2D eigenvalue weighted by Crippen LogP contribution is -2.31. The molecule has 86 valence electrons. The van der Waals surface area contributed by atoms with E-state index in [1.807, 2.05) is 0 Å². The molecule has 2 N–H and O–H groups in total. The van der Waals surface area contributed by atoms with Crippen LogP contribution in [-0.4, -0.2) is 40.6 Å². The van der Waals surface area contributed by atoms with Crippen molar-refractivity contribution in [1.82, 2.24) is 19.5 Å². The molecule has 0 aliphatic rings. The molecule has 1 unspecified atom stereocenters. The van der Waals surface area contributed by atoms with Crippen LogP contribution in [0.4, 0.5) is 0 Å². The number of aliphatic hydroxyl groups excluding tert-OH is 1. The van der Waals surface area contributed by atoms with Crippen molar-refractivity contribution in [2.75, 3.05) is 12.4 Å². The summed E-state index contributed by atoms with van der Waals surface area (Å²) in [6, 6.07) is -0.464. The summed E-state index contributed by atoms with van der Waals surface area (Å²) in [5.74, 6) is 0.214. The van der Waals surface area contributed by atoms with E-state index in [0.717, 1.165) is 0 Å². The highest BCUT2D eigenvalue weighted by molar-refractivity contribution is 7.89. The number of aromatic nitrogens is 3. The summed E-state index contributed by atoms with van der Waals surface area (Å²) < 4.78 is 26.7. The first-order valence-electron chi connectivity index (χ1n) is 4.41. The highest BCUT2D eigenvalue weighted by Gasteiger charge is 2.18. The molecule has 0 aromatic carbocycles. The largest absolute Gasteiger partial charge is 0.395 e. The fraction of sp³-hybridized carbons (Fsp3) is 0.714. The number of hydrogen-bond donors (Lipinski definition) is 2. The fourth-order valence-electron chi connectivity index (χ4n) is 1.19. The molecule has 0 saturated carbocycles. The zero-order chi connectivity index (χ0) is 11.5. The van der Waals surface area contributed by atoms with Crippen molar-refractivity contribution in [2.24, 2.45) is 7.05 Å². The Morgan fingerprint density at radius 1 is 1.67 bits per heavy atom. The summed E-state index contributed by atoms with van der Waals surface area (Å²) in [6.45, 7) is 1.26. The van der Waals surface area contributed by atoms with Gasteiger partial charge in [0.1, 0.15) is 12.2 Å². The second-order valence-electron chi connectivity index (χ2n) is 3.18. The van der Waals surface area contributed by atoms with Gasteiger partial charge in [0.2, 0.25) is 10.0 Å². The van der Waals surface area contributed by atoms with Crippen molar-refractivity contribution >= 4 is 10.0 Å². The molecule has 7 nitrogen and oxygen atoms in total. The maximum Gasteiger partial charge on any atom is 0.214 e. The van der Waals surface area contributed by atoms with Crippen molar-refractivity contribution in [2.45, 2.75) is 13.0 Å². The lowest BCUT2D eigenvalue weighted by atomic mass is 10.3. The van der Waals surface area contributed by atoms with Crippen molar-refractivity contribution < 1.29 is 13.5 Å². The molecule has 1 rings (SSSR count). The van der Waals surface area contributed by atoms with Gasteiger partial charge in [-0.3, -0.25) is 0 Å².